The molecule has 0 unspecified atom stereocenters. The summed E-state index contributed by atoms with van der Waals surface area (Å²) in [6.45, 7) is 6.13. The minimum atomic E-state index is -0.334. The van der Waals surface area contributed by atoms with Crippen LogP contribution in [0.25, 0.3) is 11.4 Å². The Bertz CT molecular complexity index is 784. The van der Waals surface area contributed by atoms with Gasteiger partial charge in [-0.3, -0.25) is 4.79 Å². The predicted molar refractivity (Wildman–Crippen MR) is 101 cm³/mol. The van der Waals surface area contributed by atoms with Gasteiger partial charge < -0.3 is 9.47 Å². The zero-order valence-corrected chi connectivity index (χ0v) is 16.5. The average Bonchev–Trinajstić information content (AvgIpc) is 2.95. The Balaban J connectivity index is 1.77. The number of thioether (sulfide) groups is 1. The molecule has 1 aliphatic heterocycles. The standard InChI is InChI=1S/C19H25FN4OS/c1-12-8-7-9-13(2)24(12)18(25)14(3)26-19-22-21-17(23(19)4)15-10-5-6-11-16(15)20/h5-6,10-14H,7-9H2,1-4H3/t12-,13+,14-/m1/s1. The highest BCUT2D eigenvalue weighted by Crippen LogP contribution is 2.30. The van der Waals surface area contributed by atoms with Gasteiger partial charge in [-0.1, -0.05) is 23.9 Å². The fourth-order valence-electron chi connectivity index (χ4n) is 3.57. The SMILES string of the molecule is C[C@@H]1CCC[C@H](C)N1C(=O)[C@@H](C)Sc1nnc(-c2ccccc2F)n1C. The van der Waals surface area contributed by atoms with Gasteiger partial charge in [-0.05, 0) is 52.2 Å². The van der Waals surface area contributed by atoms with E-state index in [4.69, 9.17) is 0 Å². The molecule has 0 spiro atoms. The smallest absolute Gasteiger partial charge is 0.236 e. The van der Waals surface area contributed by atoms with Gasteiger partial charge in [0.15, 0.2) is 11.0 Å². The largest absolute Gasteiger partial charge is 0.336 e. The zero-order chi connectivity index (χ0) is 18.8. The van der Waals surface area contributed by atoms with E-state index in [1.54, 1.807) is 29.8 Å². The number of hydrogen-bond donors (Lipinski definition) is 0. The summed E-state index contributed by atoms with van der Waals surface area (Å²) in [6.07, 6.45) is 3.27. The highest BCUT2D eigenvalue weighted by Gasteiger charge is 2.32. The molecule has 0 saturated carbocycles. The molecule has 0 aliphatic carbocycles. The number of halogens is 1. The van der Waals surface area contributed by atoms with E-state index in [1.807, 2.05) is 11.8 Å². The molecule has 0 radical (unpaired) electrons. The second-order valence-electron chi connectivity index (χ2n) is 6.98. The Kier molecular flexibility index (Phi) is 5.65. The molecule has 26 heavy (non-hydrogen) atoms. The summed E-state index contributed by atoms with van der Waals surface area (Å²) in [5.74, 6) is 0.259. The van der Waals surface area contributed by atoms with Gasteiger partial charge in [-0.2, -0.15) is 0 Å². The van der Waals surface area contributed by atoms with Crippen LogP contribution >= 0.6 is 11.8 Å². The predicted octanol–water partition coefficient (Wildman–Crippen LogP) is 3.89. The minimum absolute atomic E-state index is 0.130. The highest BCUT2D eigenvalue weighted by atomic mass is 32.2. The van der Waals surface area contributed by atoms with Gasteiger partial charge in [0.05, 0.1) is 10.8 Å². The van der Waals surface area contributed by atoms with E-state index >= 15 is 0 Å². The molecule has 140 valence electrons. The summed E-state index contributed by atoms with van der Waals surface area (Å²) < 4.78 is 15.8. The van der Waals surface area contributed by atoms with E-state index in [1.165, 1.54) is 24.2 Å². The second-order valence-corrected chi connectivity index (χ2v) is 8.29. The van der Waals surface area contributed by atoms with Crippen molar-refractivity contribution >= 4 is 17.7 Å². The molecule has 3 atom stereocenters. The molecule has 0 N–H and O–H groups in total. The number of nitrogens with zero attached hydrogens (tertiary/aromatic N) is 4. The number of benzene rings is 1. The lowest BCUT2D eigenvalue weighted by molar-refractivity contribution is -0.136. The number of piperidine rings is 1. The van der Waals surface area contributed by atoms with Gasteiger partial charge in [-0.25, -0.2) is 4.39 Å². The van der Waals surface area contributed by atoms with E-state index < -0.39 is 0 Å². The molecule has 7 heteroatoms. The first-order valence-electron chi connectivity index (χ1n) is 9.03. The van der Waals surface area contributed by atoms with Crippen molar-refractivity contribution in [2.45, 2.75) is 62.5 Å². The van der Waals surface area contributed by atoms with Crippen LogP contribution in [0.2, 0.25) is 0 Å². The summed E-state index contributed by atoms with van der Waals surface area (Å²) in [7, 11) is 1.80. The van der Waals surface area contributed by atoms with Crippen LogP contribution in [0.4, 0.5) is 4.39 Å². The number of rotatable bonds is 4. The van der Waals surface area contributed by atoms with Crippen molar-refractivity contribution in [2.75, 3.05) is 0 Å². The van der Waals surface area contributed by atoms with Crippen molar-refractivity contribution in [3.8, 4) is 11.4 Å². The van der Waals surface area contributed by atoms with Crippen molar-refractivity contribution < 1.29 is 9.18 Å². The van der Waals surface area contributed by atoms with E-state index in [2.05, 4.69) is 24.0 Å². The molecular weight excluding hydrogens is 351 g/mol. The van der Waals surface area contributed by atoms with Gasteiger partial charge >= 0.3 is 0 Å². The summed E-state index contributed by atoms with van der Waals surface area (Å²) in [5, 5.41) is 8.65. The molecule has 3 rings (SSSR count). The van der Waals surface area contributed by atoms with Crippen molar-refractivity contribution in [1.29, 1.82) is 0 Å². The first kappa shape index (κ1) is 18.9. The molecule has 1 aliphatic rings. The van der Waals surface area contributed by atoms with Gasteiger partial charge in [0.25, 0.3) is 0 Å². The average molecular weight is 377 g/mol. The lowest BCUT2D eigenvalue weighted by atomic mass is 9.97. The van der Waals surface area contributed by atoms with Gasteiger partial charge in [0, 0.05) is 19.1 Å². The summed E-state index contributed by atoms with van der Waals surface area (Å²) in [4.78, 5) is 15.0. The topological polar surface area (TPSA) is 51.0 Å². The number of carbonyl (C=O) groups is 1. The molecular formula is C19H25FN4OS. The van der Waals surface area contributed by atoms with Crippen LogP contribution in [-0.2, 0) is 11.8 Å². The van der Waals surface area contributed by atoms with Gasteiger partial charge in [0.1, 0.15) is 5.82 Å². The number of likely N-dealkylation sites (tertiary alicyclic amines) is 1. The monoisotopic (exact) mass is 376 g/mol. The molecule has 1 fully saturated rings. The third-order valence-electron chi connectivity index (χ3n) is 5.03. The van der Waals surface area contributed by atoms with Crippen molar-refractivity contribution in [3.05, 3.63) is 30.1 Å². The van der Waals surface area contributed by atoms with Crippen LogP contribution < -0.4 is 0 Å². The maximum atomic E-state index is 14.0. The number of hydrogen-bond acceptors (Lipinski definition) is 4. The summed E-state index contributed by atoms with van der Waals surface area (Å²) >= 11 is 1.37. The minimum Gasteiger partial charge on any atom is -0.336 e. The third kappa shape index (κ3) is 3.63. The summed E-state index contributed by atoms with van der Waals surface area (Å²) in [6, 6.07) is 7.03. The molecule has 2 aromatic rings. The van der Waals surface area contributed by atoms with Crippen LogP contribution in [0.1, 0.15) is 40.0 Å². The van der Waals surface area contributed by atoms with E-state index in [9.17, 15) is 9.18 Å². The van der Waals surface area contributed by atoms with Crippen molar-refractivity contribution in [1.82, 2.24) is 19.7 Å². The number of aromatic nitrogens is 3. The van der Waals surface area contributed by atoms with Crippen LogP contribution in [-0.4, -0.2) is 42.9 Å². The third-order valence-corrected chi connectivity index (χ3v) is 6.15. The van der Waals surface area contributed by atoms with E-state index in [0.29, 0.717) is 16.5 Å². The molecule has 1 amide bonds. The Morgan fingerprint density at radius 3 is 2.54 bits per heavy atom. The lowest BCUT2D eigenvalue weighted by Gasteiger charge is -2.40. The Morgan fingerprint density at radius 1 is 1.23 bits per heavy atom. The number of amides is 1. The highest BCUT2D eigenvalue weighted by molar-refractivity contribution is 8.00. The molecule has 5 nitrogen and oxygen atoms in total. The maximum absolute atomic E-state index is 14.0. The molecule has 2 heterocycles. The first-order valence-corrected chi connectivity index (χ1v) is 9.91. The summed E-state index contributed by atoms with van der Waals surface area (Å²) in [5.41, 5.74) is 0.409. The number of carbonyl (C=O) groups excluding carboxylic acids is 1. The Hall–Kier alpha value is -1.89. The molecule has 1 saturated heterocycles. The molecule has 0 bridgehead atoms. The van der Waals surface area contributed by atoms with E-state index in [0.717, 1.165) is 12.8 Å². The normalized spacial score (nSPS) is 21.7. The van der Waals surface area contributed by atoms with Crippen LogP contribution in [0.3, 0.4) is 0 Å². The lowest BCUT2D eigenvalue weighted by Crippen LogP contribution is -2.50. The fourth-order valence-corrected chi connectivity index (χ4v) is 4.44. The quantitative estimate of drug-likeness (QED) is 0.760. The van der Waals surface area contributed by atoms with Crippen LogP contribution in [0.15, 0.2) is 29.4 Å². The fraction of sp³-hybridized carbons (Fsp3) is 0.526. The Labute approximate surface area is 158 Å². The van der Waals surface area contributed by atoms with Crippen molar-refractivity contribution in [2.24, 2.45) is 7.05 Å². The zero-order valence-electron chi connectivity index (χ0n) is 15.6. The Morgan fingerprint density at radius 2 is 1.88 bits per heavy atom. The van der Waals surface area contributed by atoms with Gasteiger partial charge in [-0.15, -0.1) is 10.2 Å². The maximum Gasteiger partial charge on any atom is 0.236 e. The second kappa shape index (κ2) is 7.78. The first-order chi connectivity index (χ1) is 12.4. The molecule has 1 aromatic carbocycles. The van der Waals surface area contributed by atoms with Gasteiger partial charge in [0.2, 0.25) is 5.91 Å². The molecule has 1 aromatic heterocycles. The van der Waals surface area contributed by atoms with Crippen LogP contribution in [0, 0.1) is 5.82 Å². The van der Waals surface area contributed by atoms with Crippen molar-refractivity contribution in [3.63, 3.8) is 0 Å². The van der Waals surface area contributed by atoms with Crippen LogP contribution in [0.5, 0.6) is 0 Å². The van der Waals surface area contributed by atoms with E-state index in [-0.39, 0.29) is 29.1 Å².